The van der Waals surface area contributed by atoms with Gasteiger partial charge in [-0.3, -0.25) is 4.79 Å². The molecule has 0 unspecified atom stereocenters. The van der Waals surface area contributed by atoms with Gasteiger partial charge in [0.05, 0.1) is 23.9 Å². The van der Waals surface area contributed by atoms with Gasteiger partial charge in [0.15, 0.2) is 0 Å². The Bertz CT molecular complexity index is 1020. The maximum Gasteiger partial charge on any atom is 0.422 e. The second-order valence-electron chi connectivity index (χ2n) is 7.39. The average Bonchev–Trinajstić information content (AvgIpc) is 2.93. The average molecular weight is 505 g/mol. The Morgan fingerprint density at radius 1 is 1.03 bits per heavy atom. The highest BCUT2D eigenvalue weighted by Crippen LogP contribution is 2.42. The minimum absolute atomic E-state index is 0.104. The van der Waals surface area contributed by atoms with Gasteiger partial charge < -0.3 is 9.47 Å². The summed E-state index contributed by atoms with van der Waals surface area (Å²) >= 11 is 2.12. The first-order valence-corrected chi connectivity index (χ1v) is 9.97. The van der Waals surface area contributed by atoms with Crippen LogP contribution >= 0.6 is 22.6 Å². The van der Waals surface area contributed by atoms with Crippen LogP contribution in [0.1, 0.15) is 31.9 Å². The maximum atomic E-state index is 13.4. The van der Waals surface area contributed by atoms with Crippen LogP contribution in [-0.4, -0.2) is 30.7 Å². The van der Waals surface area contributed by atoms with Gasteiger partial charge in [0, 0.05) is 9.13 Å². The fourth-order valence-corrected chi connectivity index (χ4v) is 3.53. The van der Waals surface area contributed by atoms with E-state index in [2.05, 4.69) is 22.6 Å². The molecule has 0 aromatic heterocycles. The zero-order valence-electron chi connectivity index (χ0n) is 16.5. The van der Waals surface area contributed by atoms with Crippen molar-refractivity contribution in [3.63, 3.8) is 0 Å². The molecule has 7 heteroatoms. The third-order valence-corrected chi connectivity index (χ3v) is 4.83. The first-order valence-electron chi connectivity index (χ1n) is 8.89. The normalized spacial score (nSPS) is 15.1. The molecule has 29 heavy (non-hydrogen) atoms. The Morgan fingerprint density at radius 2 is 1.69 bits per heavy atom. The predicted octanol–water partition coefficient (Wildman–Crippen LogP) is 4.66. The molecule has 150 valence electrons. The van der Waals surface area contributed by atoms with Crippen LogP contribution < -0.4 is 4.90 Å². The fraction of sp³-hybridized carbons (Fsp3) is 0.227. The van der Waals surface area contributed by atoms with Crippen molar-refractivity contribution >= 4 is 57.4 Å². The van der Waals surface area contributed by atoms with Crippen LogP contribution in [0.25, 0.3) is 11.1 Å². The van der Waals surface area contributed by atoms with E-state index in [1.165, 1.54) is 7.11 Å². The van der Waals surface area contributed by atoms with Crippen LogP contribution in [0, 0.1) is 3.57 Å². The Morgan fingerprint density at radius 3 is 2.28 bits per heavy atom. The summed E-state index contributed by atoms with van der Waals surface area (Å²) in [6.07, 6.45) is -0.794. The fourth-order valence-electron chi connectivity index (χ4n) is 3.04. The number of methoxy groups -OCH3 is 1. The lowest BCUT2D eigenvalue weighted by Crippen LogP contribution is -2.38. The number of carbonyl (C=O) groups excluding carboxylic acids is 3. The van der Waals surface area contributed by atoms with Gasteiger partial charge in [-0.25, -0.2) is 14.5 Å². The molecule has 0 spiro atoms. The molecule has 0 saturated heterocycles. The highest BCUT2D eigenvalue weighted by Gasteiger charge is 2.42. The predicted molar refractivity (Wildman–Crippen MR) is 118 cm³/mol. The Kier molecular flexibility index (Phi) is 5.79. The first kappa shape index (κ1) is 21.0. The van der Waals surface area contributed by atoms with Gasteiger partial charge in [0.2, 0.25) is 0 Å². The van der Waals surface area contributed by atoms with E-state index >= 15 is 0 Å². The Balaban J connectivity index is 2.28. The molecule has 6 nitrogen and oxygen atoms in total. The maximum absolute atomic E-state index is 13.4. The number of esters is 1. The van der Waals surface area contributed by atoms with E-state index in [0.29, 0.717) is 16.8 Å². The number of rotatable bonds is 2. The minimum Gasteiger partial charge on any atom is -0.465 e. The molecule has 1 aliphatic rings. The summed E-state index contributed by atoms with van der Waals surface area (Å²) in [6, 6.07) is 14.0. The first-order chi connectivity index (χ1) is 13.6. The van der Waals surface area contributed by atoms with Crippen molar-refractivity contribution in [2.75, 3.05) is 12.0 Å². The lowest BCUT2D eigenvalue weighted by atomic mass is 9.95. The molecule has 0 N–H and O–H groups in total. The van der Waals surface area contributed by atoms with Gasteiger partial charge in [-0.1, -0.05) is 30.3 Å². The SMILES string of the molecule is COC(=O)/C(=C1/C(=O)N(C(=O)OC(C)(C)C)c2ccc(I)cc21)c1ccccc1. The smallest absolute Gasteiger partial charge is 0.422 e. The molecule has 0 aliphatic carbocycles. The van der Waals surface area contributed by atoms with E-state index in [1.807, 2.05) is 6.07 Å². The van der Waals surface area contributed by atoms with Crippen LogP contribution in [0.3, 0.4) is 0 Å². The lowest BCUT2D eigenvalue weighted by Gasteiger charge is -2.23. The number of benzene rings is 2. The molecule has 3 rings (SSSR count). The highest BCUT2D eigenvalue weighted by molar-refractivity contribution is 14.1. The summed E-state index contributed by atoms with van der Waals surface area (Å²) in [5.41, 5.74) is 0.819. The molecule has 1 aliphatic heterocycles. The number of hydrogen-bond acceptors (Lipinski definition) is 5. The number of fused-ring (bicyclic) bond motifs is 1. The molecule has 0 radical (unpaired) electrons. The lowest BCUT2D eigenvalue weighted by molar-refractivity contribution is -0.133. The van der Waals surface area contributed by atoms with Crippen molar-refractivity contribution in [2.45, 2.75) is 26.4 Å². The number of imide groups is 1. The topological polar surface area (TPSA) is 72.9 Å². The summed E-state index contributed by atoms with van der Waals surface area (Å²) in [6.45, 7) is 5.17. The highest BCUT2D eigenvalue weighted by atomic mass is 127. The van der Waals surface area contributed by atoms with Crippen LogP contribution in [-0.2, 0) is 19.1 Å². The molecule has 0 atom stereocenters. The van der Waals surface area contributed by atoms with Gasteiger partial charge in [0.25, 0.3) is 5.91 Å². The van der Waals surface area contributed by atoms with Crippen LogP contribution in [0.2, 0.25) is 0 Å². The van der Waals surface area contributed by atoms with Crippen molar-refractivity contribution < 1.29 is 23.9 Å². The van der Waals surface area contributed by atoms with Gasteiger partial charge in [-0.2, -0.15) is 0 Å². The summed E-state index contributed by atoms with van der Waals surface area (Å²) in [5, 5.41) is 0. The molecular formula is C22H20INO5. The van der Waals surface area contributed by atoms with Crippen molar-refractivity contribution in [1.82, 2.24) is 0 Å². The number of hydrogen-bond donors (Lipinski definition) is 0. The number of halogens is 1. The standard InChI is InChI=1S/C22H20INO5/c1-22(2,3)29-21(27)24-16-11-10-14(23)12-15(16)18(19(24)25)17(20(26)28-4)13-8-6-5-7-9-13/h5-12H,1-4H3/b18-17+. The molecule has 1 heterocycles. The molecule has 0 bridgehead atoms. The Hall–Kier alpha value is -2.68. The van der Waals surface area contributed by atoms with E-state index < -0.39 is 23.6 Å². The van der Waals surface area contributed by atoms with E-state index in [0.717, 1.165) is 8.47 Å². The monoisotopic (exact) mass is 505 g/mol. The van der Waals surface area contributed by atoms with Crippen molar-refractivity contribution in [3.05, 3.63) is 63.2 Å². The number of carbonyl (C=O) groups is 3. The van der Waals surface area contributed by atoms with Crippen molar-refractivity contribution in [3.8, 4) is 0 Å². The van der Waals surface area contributed by atoms with E-state index in [4.69, 9.17) is 9.47 Å². The van der Waals surface area contributed by atoms with E-state index in [1.54, 1.807) is 63.2 Å². The van der Waals surface area contributed by atoms with Crippen LogP contribution in [0.15, 0.2) is 48.5 Å². The van der Waals surface area contributed by atoms with Crippen LogP contribution in [0.4, 0.5) is 10.5 Å². The molecule has 2 aromatic rings. The molecular weight excluding hydrogens is 485 g/mol. The molecule has 2 amide bonds. The summed E-state index contributed by atoms with van der Waals surface area (Å²) in [4.78, 5) is 39.8. The zero-order chi connectivity index (χ0) is 21.3. The van der Waals surface area contributed by atoms with Crippen molar-refractivity contribution in [2.24, 2.45) is 0 Å². The largest absolute Gasteiger partial charge is 0.465 e. The number of nitrogens with zero attached hydrogens (tertiary/aromatic N) is 1. The number of ether oxygens (including phenoxy) is 2. The third kappa shape index (κ3) is 4.19. The molecule has 0 fully saturated rings. The van der Waals surface area contributed by atoms with E-state index in [9.17, 15) is 14.4 Å². The van der Waals surface area contributed by atoms with Crippen LogP contribution in [0.5, 0.6) is 0 Å². The third-order valence-electron chi connectivity index (χ3n) is 4.16. The van der Waals surface area contributed by atoms with Crippen molar-refractivity contribution in [1.29, 1.82) is 0 Å². The second kappa shape index (κ2) is 7.98. The number of amides is 2. The molecule has 2 aromatic carbocycles. The zero-order valence-corrected chi connectivity index (χ0v) is 18.6. The summed E-state index contributed by atoms with van der Waals surface area (Å²) in [7, 11) is 1.26. The second-order valence-corrected chi connectivity index (χ2v) is 8.64. The summed E-state index contributed by atoms with van der Waals surface area (Å²) < 4.78 is 11.2. The van der Waals surface area contributed by atoms with E-state index in [-0.39, 0.29) is 11.1 Å². The summed E-state index contributed by atoms with van der Waals surface area (Å²) in [5.74, 6) is -1.28. The van der Waals surface area contributed by atoms with Gasteiger partial charge in [0.1, 0.15) is 5.60 Å². The van der Waals surface area contributed by atoms with Gasteiger partial charge in [-0.05, 0) is 67.1 Å². The Labute approximate surface area is 182 Å². The molecule has 0 saturated carbocycles. The van der Waals surface area contributed by atoms with Gasteiger partial charge in [-0.15, -0.1) is 0 Å². The quantitative estimate of drug-likeness (QED) is 0.338. The minimum atomic E-state index is -0.794. The number of anilines is 1. The van der Waals surface area contributed by atoms with Gasteiger partial charge >= 0.3 is 12.1 Å².